The van der Waals surface area contributed by atoms with Gasteiger partial charge in [-0.05, 0) is 52.5 Å². The maximum atomic E-state index is 14.6. The molecule has 1 unspecified atom stereocenters. The quantitative estimate of drug-likeness (QED) is 0.786. The van der Waals surface area contributed by atoms with Crippen LogP contribution < -0.4 is 15.0 Å². The largest absolute Gasteiger partial charge is 0.481 e. The average Bonchev–Trinajstić information content (AvgIpc) is 3.36. The number of carbonyl (C=O) groups excluding carboxylic acids is 2. The number of methoxy groups -OCH3 is 1. The average molecular weight is 423 g/mol. The number of ether oxygens (including phenoxy) is 2. The SMILES string of the molecule is COc1nc(N2CCCC2)c(F)cc1CNC(=O)C1CCCN1C(=O)OC(C)(C)C. The summed E-state index contributed by atoms with van der Waals surface area (Å²) >= 11 is 0. The van der Waals surface area contributed by atoms with Crippen molar-refractivity contribution in [1.29, 1.82) is 0 Å². The van der Waals surface area contributed by atoms with Gasteiger partial charge in [0.2, 0.25) is 11.8 Å². The number of halogens is 1. The Hall–Kier alpha value is -2.58. The zero-order valence-corrected chi connectivity index (χ0v) is 18.2. The van der Waals surface area contributed by atoms with Gasteiger partial charge in [-0.25, -0.2) is 9.18 Å². The number of hydrogen-bond acceptors (Lipinski definition) is 6. The molecular formula is C21H31FN4O4. The minimum atomic E-state index is -0.631. The molecule has 2 aliphatic rings. The summed E-state index contributed by atoms with van der Waals surface area (Å²) in [6.07, 6.45) is 2.80. The standard InChI is InChI=1S/C21H31FN4O4/c1-21(2,3)30-20(28)26-11-7-8-16(26)18(27)23-13-14-12-15(22)17(24-19(14)29-4)25-9-5-6-10-25/h12,16H,5-11,13H2,1-4H3,(H,23,27). The number of carbonyl (C=O) groups is 2. The van der Waals surface area contributed by atoms with Crippen LogP contribution in [-0.4, -0.2) is 60.3 Å². The molecule has 2 aliphatic heterocycles. The van der Waals surface area contributed by atoms with Crippen molar-refractivity contribution in [3.8, 4) is 5.88 Å². The van der Waals surface area contributed by atoms with Crippen molar-refractivity contribution >= 4 is 17.8 Å². The number of rotatable bonds is 5. The topological polar surface area (TPSA) is 84.0 Å². The van der Waals surface area contributed by atoms with Crippen LogP contribution in [0, 0.1) is 5.82 Å². The van der Waals surface area contributed by atoms with Crippen LogP contribution in [0.15, 0.2) is 6.07 Å². The molecule has 8 nitrogen and oxygen atoms in total. The van der Waals surface area contributed by atoms with Gasteiger partial charge in [0, 0.05) is 31.7 Å². The summed E-state index contributed by atoms with van der Waals surface area (Å²) in [5, 5.41) is 2.79. The third-order valence-corrected chi connectivity index (χ3v) is 5.23. The van der Waals surface area contributed by atoms with Gasteiger partial charge in [0.1, 0.15) is 11.6 Å². The smallest absolute Gasteiger partial charge is 0.410 e. The van der Waals surface area contributed by atoms with E-state index in [1.54, 1.807) is 20.8 Å². The van der Waals surface area contributed by atoms with E-state index in [2.05, 4.69) is 10.3 Å². The number of amides is 2. The van der Waals surface area contributed by atoms with Gasteiger partial charge in [-0.3, -0.25) is 9.69 Å². The third kappa shape index (κ3) is 5.12. The van der Waals surface area contributed by atoms with Crippen LogP contribution >= 0.6 is 0 Å². The molecular weight excluding hydrogens is 391 g/mol. The van der Waals surface area contributed by atoms with Crippen LogP contribution in [0.3, 0.4) is 0 Å². The summed E-state index contributed by atoms with van der Waals surface area (Å²) in [6, 6.07) is 0.757. The fourth-order valence-corrected chi connectivity index (χ4v) is 3.83. The first kappa shape index (κ1) is 22.1. The Morgan fingerprint density at radius 2 is 1.93 bits per heavy atom. The lowest BCUT2D eigenvalue weighted by Gasteiger charge is -2.28. The predicted octanol–water partition coefficient (Wildman–Crippen LogP) is 2.85. The molecule has 2 fully saturated rings. The van der Waals surface area contributed by atoms with Crippen molar-refractivity contribution in [3.63, 3.8) is 0 Å². The van der Waals surface area contributed by atoms with Gasteiger partial charge in [-0.2, -0.15) is 4.98 Å². The first-order valence-electron chi connectivity index (χ1n) is 10.5. The fourth-order valence-electron chi connectivity index (χ4n) is 3.83. The number of nitrogens with one attached hydrogen (secondary N) is 1. The van der Waals surface area contributed by atoms with Crippen molar-refractivity contribution in [2.75, 3.05) is 31.6 Å². The first-order valence-corrected chi connectivity index (χ1v) is 10.5. The Bertz CT molecular complexity index is 790. The molecule has 166 valence electrons. The Morgan fingerprint density at radius 1 is 1.23 bits per heavy atom. The maximum Gasteiger partial charge on any atom is 0.410 e. The Balaban J connectivity index is 1.66. The molecule has 0 bridgehead atoms. The van der Waals surface area contributed by atoms with Gasteiger partial charge in [0.25, 0.3) is 0 Å². The first-order chi connectivity index (χ1) is 14.2. The monoisotopic (exact) mass is 422 g/mol. The minimum Gasteiger partial charge on any atom is -0.481 e. The lowest BCUT2D eigenvalue weighted by Crippen LogP contribution is -2.47. The molecule has 0 spiro atoms. The molecule has 30 heavy (non-hydrogen) atoms. The molecule has 2 saturated heterocycles. The van der Waals surface area contributed by atoms with Crippen molar-refractivity contribution < 1.29 is 23.5 Å². The lowest BCUT2D eigenvalue weighted by atomic mass is 10.2. The van der Waals surface area contributed by atoms with E-state index in [0.29, 0.717) is 18.5 Å². The van der Waals surface area contributed by atoms with Crippen molar-refractivity contribution in [2.45, 2.75) is 64.6 Å². The number of pyridine rings is 1. The molecule has 1 aromatic rings. The van der Waals surface area contributed by atoms with Gasteiger partial charge in [-0.15, -0.1) is 0 Å². The molecule has 3 rings (SSSR count). The van der Waals surface area contributed by atoms with Gasteiger partial charge in [-0.1, -0.05) is 0 Å². The molecule has 0 saturated carbocycles. The zero-order chi connectivity index (χ0) is 21.9. The molecule has 9 heteroatoms. The summed E-state index contributed by atoms with van der Waals surface area (Å²) in [7, 11) is 1.47. The summed E-state index contributed by atoms with van der Waals surface area (Å²) < 4.78 is 25.4. The highest BCUT2D eigenvalue weighted by molar-refractivity contribution is 5.86. The van der Waals surface area contributed by atoms with Crippen LogP contribution in [0.25, 0.3) is 0 Å². The van der Waals surface area contributed by atoms with E-state index in [1.165, 1.54) is 18.1 Å². The number of likely N-dealkylation sites (tertiary alicyclic amines) is 1. The molecule has 1 aromatic heterocycles. The van der Waals surface area contributed by atoms with Crippen LogP contribution in [0.2, 0.25) is 0 Å². The number of anilines is 1. The maximum absolute atomic E-state index is 14.6. The Morgan fingerprint density at radius 3 is 2.57 bits per heavy atom. The summed E-state index contributed by atoms with van der Waals surface area (Å²) in [4.78, 5) is 32.8. The predicted molar refractivity (Wildman–Crippen MR) is 110 cm³/mol. The van der Waals surface area contributed by atoms with E-state index >= 15 is 0 Å². The Kier molecular flexibility index (Phi) is 6.67. The fraction of sp³-hybridized carbons (Fsp3) is 0.667. The van der Waals surface area contributed by atoms with E-state index < -0.39 is 23.6 Å². The van der Waals surface area contributed by atoms with E-state index in [1.807, 2.05) is 4.90 Å². The second-order valence-electron chi connectivity index (χ2n) is 8.71. The Labute approximate surface area is 176 Å². The molecule has 1 atom stereocenters. The van der Waals surface area contributed by atoms with Crippen LogP contribution in [-0.2, 0) is 16.1 Å². The van der Waals surface area contributed by atoms with Gasteiger partial charge >= 0.3 is 6.09 Å². The highest BCUT2D eigenvalue weighted by atomic mass is 19.1. The normalized spacial score (nSPS) is 19.2. The summed E-state index contributed by atoms with van der Waals surface area (Å²) in [5.41, 5.74) is -0.179. The van der Waals surface area contributed by atoms with Gasteiger partial charge in [0.05, 0.1) is 7.11 Å². The second-order valence-corrected chi connectivity index (χ2v) is 8.71. The molecule has 2 amide bonds. The number of hydrogen-bond donors (Lipinski definition) is 1. The van der Waals surface area contributed by atoms with Crippen LogP contribution in [0.5, 0.6) is 5.88 Å². The minimum absolute atomic E-state index is 0.0604. The van der Waals surface area contributed by atoms with Crippen molar-refractivity contribution in [1.82, 2.24) is 15.2 Å². The van der Waals surface area contributed by atoms with E-state index in [9.17, 15) is 14.0 Å². The van der Waals surface area contributed by atoms with Crippen LogP contribution in [0.4, 0.5) is 15.0 Å². The lowest BCUT2D eigenvalue weighted by molar-refractivity contribution is -0.125. The third-order valence-electron chi connectivity index (χ3n) is 5.23. The van der Waals surface area contributed by atoms with Crippen molar-refractivity contribution in [3.05, 3.63) is 17.4 Å². The van der Waals surface area contributed by atoms with Gasteiger partial charge < -0.3 is 19.7 Å². The molecule has 1 N–H and O–H groups in total. The van der Waals surface area contributed by atoms with E-state index in [-0.39, 0.29) is 24.1 Å². The van der Waals surface area contributed by atoms with E-state index in [4.69, 9.17) is 9.47 Å². The summed E-state index contributed by atoms with van der Waals surface area (Å²) in [5.74, 6) is -0.164. The molecule has 3 heterocycles. The molecule has 0 radical (unpaired) electrons. The molecule has 0 aromatic carbocycles. The zero-order valence-electron chi connectivity index (χ0n) is 18.2. The highest BCUT2D eigenvalue weighted by Gasteiger charge is 2.36. The number of aromatic nitrogens is 1. The highest BCUT2D eigenvalue weighted by Crippen LogP contribution is 2.27. The van der Waals surface area contributed by atoms with Crippen LogP contribution in [0.1, 0.15) is 52.0 Å². The number of nitrogens with zero attached hydrogens (tertiary/aromatic N) is 3. The van der Waals surface area contributed by atoms with Gasteiger partial charge in [0.15, 0.2) is 11.6 Å². The van der Waals surface area contributed by atoms with Crippen molar-refractivity contribution in [2.24, 2.45) is 0 Å². The second kappa shape index (κ2) is 9.06. The molecule has 0 aliphatic carbocycles. The van der Waals surface area contributed by atoms with E-state index in [0.717, 1.165) is 32.4 Å². The summed E-state index contributed by atoms with van der Waals surface area (Å²) in [6.45, 7) is 7.43.